The molecule has 0 rings (SSSR count). The van der Waals surface area contributed by atoms with Gasteiger partial charge in [0.2, 0.25) is 0 Å². The summed E-state index contributed by atoms with van der Waals surface area (Å²) in [5.74, 6) is 0.617. The zero-order valence-corrected chi connectivity index (χ0v) is 10.5. The SMILES string of the molecule is CCCC(C)(CNCC)C(C)COC. The zero-order chi connectivity index (χ0) is 11.0. The Morgan fingerprint density at radius 1 is 1.36 bits per heavy atom. The topological polar surface area (TPSA) is 21.3 Å². The second kappa shape index (κ2) is 7.24. The Bertz CT molecular complexity index is 138. The molecule has 0 fully saturated rings. The van der Waals surface area contributed by atoms with Crippen molar-refractivity contribution in [2.75, 3.05) is 26.8 Å². The molecule has 0 aliphatic rings. The maximum atomic E-state index is 5.25. The van der Waals surface area contributed by atoms with Crippen LogP contribution in [0.2, 0.25) is 0 Å². The number of rotatable bonds is 8. The van der Waals surface area contributed by atoms with Crippen molar-refractivity contribution in [3.8, 4) is 0 Å². The Hall–Kier alpha value is -0.0800. The molecule has 0 bridgehead atoms. The first kappa shape index (κ1) is 13.9. The molecule has 0 aliphatic heterocycles. The highest BCUT2D eigenvalue weighted by Crippen LogP contribution is 2.32. The average molecular weight is 201 g/mol. The second-order valence-electron chi connectivity index (χ2n) is 4.54. The number of methoxy groups -OCH3 is 1. The molecule has 0 aromatic rings. The lowest BCUT2D eigenvalue weighted by Crippen LogP contribution is -2.38. The summed E-state index contributed by atoms with van der Waals surface area (Å²) < 4.78 is 5.25. The first-order valence-electron chi connectivity index (χ1n) is 5.80. The van der Waals surface area contributed by atoms with E-state index in [-0.39, 0.29) is 0 Å². The molecular weight excluding hydrogens is 174 g/mol. The molecule has 0 amide bonds. The van der Waals surface area contributed by atoms with E-state index in [1.165, 1.54) is 12.8 Å². The molecule has 2 unspecified atom stereocenters. The van der Waals surface area contributed by atoms with Crippen molar-refractivity contribution in [3.63, 3.8) is 0 Å². The summed E-state index contributed by atoms with van der Waals surface area (Å²) in [6, 6.07) is 0. The lowest BCUT2D eigenvalue weighted by Gasteiger charge is -2.35. The van der Waals surface area contributed by atoms with E-state index < -0.39 is 0 Å². The fourth-order valence-corrected chi connectivity index (χ4v) is 1.94. The molecule has 14 heavy (non-hydrogen) atoms. The Balaban J connectivity index is 4.19. The molecular formula is C12H27NO. The van der Waals surface area contributed by atoms with Crippen LogP contribution in [-0.4, -0.2) is 26.8 Å². The zero-order valence-electron chi connectivity index (χ0n) is 10.5. The Kier molecular flexibility index (Phi) is 7.20. The smallest absolute Gasteiger partial charge is 0.0493 e. The van der Waals surface area contributed by atoms with Gasteiger partial charge in [-0.15, -0.1) is 0 Å². The second-order valence-corrected chi connectivity index (χ2v) is 4.54. The molecule has 0 aromatic carbocycles. The Labute approximate surface area is 89.4 Å². The van der Waals surface area contributed by atoms with Crippen LogP contribution in [0.15, 0.2) is 0 Å². The van der Waals surface area contributed by atoms with E-state index in [4.69, 9.17) is 4.74 Å². The summed E-state index contributed by atoms with van der Waals surface area (Å²) in [6.45, 7) is 12.1. The van der Waals surface area contributed by atoms with Gasteiger partial charge in [0, 0.05) is 20.3 Å². The third-order valence-electron chi connectivity index (χ3n) is 3.21. The largest absolute Gasteiger partial charge is 0.384 e. The first-order chi connectivity index (χ1) is 6.60. The van der Waals surface area contributed by atoms with Crippen LogP contribution in [0.4, 0.5) is 0 Å². The van der Waals surface area contributed by atoms with Crippen molar-refractivity contribution in [1.82, 2.24) is 5.32 Å². The highest BCUT2D eigenvalue weighted by atomic mass is 16.5. The monoisotopic (exact) mass is 201 g/mol. The molecule has 1 N–H and O–H groups in total. The van der Waals surface area contributed by atoms with Crippen molar-refractivity contribution in [2.45, 2.75) is 40.5 Å². The summed E-state index contributed by atoms with van der Waals surface area (Å²) in [5.41, 5.74) is 0.376. The molecule has 0 aromatic heterocycles. The van der Waals surface area contributed by atoms with E-state index >= 15 is 0 Å². The summed E-state index contributed by atoms with van der Waals surface area (Å²) in [4.78, 5) is 0. The van der Waals surface area contributed by atoms with Gasteiger partial charge in [0.25, 0.3) is 0 Å². The van der Waals surface area contributed by atoms with Gasteiger partial charge in [-0.2, -0.15) is 0 Å². The molecule has 0 aliphatic carbocycles. The molecule has 2 heteroatoms. The van der Waals surface area contributed by atoms with E-state index in [0.717, 1.165) is 19.7 Å². The third-order valence-corrected chi connectivity index (χ3v) is 3.21. The highest BCUT2D eigenvalue weighted by molar-refractivity contribution is 4.81. The van der Waals surface area contributed by atoms with Crippen molar-refractivity contribution >= 4 is 0 Å². The maximum absolute atomic E-state index is 5.25. The summed E-state index contributed by atoms with van der Waals surface area (Å²) in [5, 5.41) is 3.46. The van der Waals surface area contributed by atoms with Crippen LogP contribution in [0.5, 0.6) is 0 Å². The minimum Gasteiger partial charge on any atom is -0.384 e. The van der Waals surface area contributed by atoms with Crippen LogP contribution in [0, 0.1) is 11.3 Å². The number of nitrogens with one attached hydrogen (secondary N) is 1. The lowest BCUT2D eigenvalue weighted by atomic mass is 9.75. The van der Waals surface area contributed by atoms with E-state index in [2.05, 4.69) is 33.0 Å². The van der Waals surface area contributed by atoms with Gasteiger partial charge in [-0.05, 0) is 24.3 Å². The van der Waals surface area contributed by atoms with Crippen LogP contribution in [0.1, 0.15) is 40.5 Å². The van der Waals surface area contributed by atoms with Gasteiger partial charge in [-0.25, -0.2) is 0 Å². The fourth-order valence-electron chi connectivity index (χ4n) is 1.94. The van der Waals surface area contributed by atoms with Crippen LogP contribution in [0.3, 0.4) is 0 Å². The van der Waals surface area contributed by atoms with Crippen molar-refractivity contribution in [1.29, 1.82) is 0 Å². The normalized spacial score (nSPS) is 17.8. The lowest BCUT2D eigenvalue weighted by molar-refractivity contribution is 0.0739. The van der Waals surface area contributed by atoms with Gasteiger partial charge in [-0.3, -0.25) is 0 Å². The van der Waals surface area contributed by atoms with E-state index in [1.54, 1.807) is 7.11 Å². The quantitative estimate of drug-likeness (QED) is 0.652. The van der Waals surface area contributed by atoms with Gasteiger partial charge in [0.05, 0.1) is 0 Å². The molecule has 86 valence electrons. The van der Waals surface area contributed by atoms with Gasteiger partial charge < -0.3 is 10.1 Å². The van der Waals surface area contributed by atoms with Crippen molar-refractivity contribution < 1.29 is 4.74 Å². The molecule has 2 nitrogen and oxygen atoms in total. The summed E-state index contributed by atoms with van der Waals surface area (Å²) in [6.07, 6.45) is 2.51. The molecule has 0 saturated carbocycles. The predicted octanol–water partition coefficient (Wildman–Crippen LogP) is 2.68. The maximum Gasteiger partial charge on any atom is 0.0493 e. The predicted molar refractivity (Wildman–Crippen MR) is 62.6 cm³/mol. The van der Waals surface area contributed by atoms with Crippen molar-refractivity contribution in [3.05, 3.63) is 0 Å². The van der Waals surface area contributed by atoms with Gasteiger partial charge in [-0.1, -0.05) is 34.1 Å². The average Bonchev–Trinajstić information content (AvgIpc) is 2.15. The van der Waals surface area contributed by atoms with Gasteiger partial charge in [0.1, 0.15) is 0 Å². The minimum absolute atomic E-state index is 0.376. The standard InChI is InChI=1S/C12H27NO/c1-6-8-12(4,10-13-7-2)11(3)9-14-5/h11,13H,6-10H2,1-5H3. The molecule has 0 spiro atoms. The van der Waals surface area contributed by atoms with Crippen LogP contribution in [0.25, 0.3) is 0 Å². The van der Waals surface area contributed by atoms with Gasteiger partial charge in [0.15, 0.2) is 0 Å². The van der Waals surface area contributed by atoms with E-state index in [1.807, 2.05) is 0 Å². The highest BCUT2D eigenvalue weighted by Gasteiger charge is 2.29. The van der Waals surface area contributed by atoms with E-state index in [9.17, 15) is 0 Å². The number of ether oxygens (including phenoxy) is 1. The Morgan fingerprint density at radius 2 is 2.00 bits per heavy atom. The third kappa shape index (κ3) is 4.43. The van der Waals surface area contributed by atoms with Crippen LogP contribution >= 0.6 is 0 Å². The molecule has 0 radical (unpaired) electrons. The van der Waals surface area contributed by atoms with Crippen molar-refractivity contribution in [2.24, 2.45) is 11.3 Å². The Morgan fingerprint density at radius 3 is 2.43 bits per heavy atom. The summed E-state index contributed by atoms with van der Waals surface area (Å²) in [7, 11) is 1.79. The molecule has 0 heterocycles. The van der Waals surface area contributed by atoms with Crippen LogP contribution in [-0.2, 0) is 4.74 Å². The first-order valence-corrected chi connectivity index (χ1v) is 5.80. The summed E-state index contributed by atoms with van der Waals surface area (Å²) >= 11 is 0. The minimum atomic E-state index is 0.376. The van der Waals surface area contributed by atoms with E-state index in [0.29, 0.717) is 11.3 Å². The van der Waals surface area contributed by atoms with Crippen LogP contribution < -0.4 is 5.32 Å². The molecule has 2 atom stereocenters. The molecule has 0 saturated heterocycles. The number of hydrogen-bond donors (Lipinski definition) is 1. The number of hydrogen-bond acceptors (Lipinski definition) is 2. The van der Waals surface area contributed by atoms with Gasteiger partial charge >= 0.3 is 0 Å². The fraction of sp³-hybridized carbons (Fsp3) is 1.00.